The molecule has 0 bridgehead atoms. The summed E-state index contributed by atoms with van der Waals surface area (Å²) in [7, 11) is 0. The highest BCUT2D eigenvalue weighted by Gasteiger charge is 2.40. The maximum absolute atomic E-state index is 13.2. The third-order valence-electron chi connectivity index (χ3n) is 5.64. The van der Waals surface area contributed by atoms with E-state index >= 15 is 0 Å². The van der Waals surface area contributed by atoms with Crippen LogP contribution in [-0.2, 0) is 28.0 Å². The van der Waals surface area contributed by atoms with Gasteiger partial charge in [0.25, 0.3) is 11.5 Å². The molecule has 2 aromatic rings. The molecule has 1 aliphatic carbocycles. The monoisotopic (exact) mass is 386 g/mol. The first-order chi connectivity index (χ1) is 13.2. The van der Waals surface area contributed by atoms with Crippen LogP contribution >= 0.6 is 0 Å². The van der Waals surface area contributed by atoms with Crippen LogP contribution in [0.3, 0.4) is 0 Å². The smallest absolute Gasteiger partial charge is 0.326 e. The van der Waals surface area contributed by atoms with E-state index in [1.807, 2.05) is 20.8 Å². The van der Waals surface area contributed by atoms with E-state index < -0.39 is 5.97 Å². The highest BCUT2D eigenvalue weighted by Crippen LogP contribution is 2.32. The number of aromatic nitrogens is 3. The zero-order valence-corrected chi connectivity index (χ0v) is 16.8. The number of ether oxygens (including phenoxy) is 1. The zero-order valence-electron chi connectivity index (χ0n) is 16.8. The number of carbonyl (C=O) groups is 2. The molecule has 0 atom stereocenters. The Kier molecular flexibility index (Phi) is 4.32. The SMILES string of the molecule is CCOC(=O)Cn1c2c(c(=O)n3nc(C(C)(C)C)cc13)CN(C1CCC1)C2=O. The average molecular weight is 386 g/mol. The van der Waals surface area contributed by atoms with Crippen LogP contribution in [0.15, 0.2) is 10.9 Å². The number of fused-ring (bicyclic) bond motifs is 2. The van der Waals surface area contributed by atoms with Gasteiger partial charge >= 0.3 is 5.97 Å². The number of hydrogen-bond donors (Lipinski definition) is 0. The normalized spacial score (nSPS) is 17.1. The summed E-state index contributed by atoms with van der Waals surface area (Å²) in [6.45, 7) is 8.17. The minimum Gasteiger partial charge on any atom is -0.465 e. The Morgan fingerprint density at radius 1 is 1.29 bits per heavy atom. The highest BCUT2D eigenvalue weighted by atomic mass is 16.5. The minimum atomic E-state index is -0.441. The van der Waals surface area contributed by atoms with Crippen LogP contribution in [0.2, 0.25) is 0 Å². The summed E-state index contributed by atoms with van der Waals surface area (Å²) < 4.78 is 8.05. The molecule has 150 valence electrons. The van der Waals surface area contributed by atoms with Crippen molar-refractivity contribution in [2.75, 3.05) is 6.61 Å². The molecule has 8 nitrogen and oxygen atoms in total. The van der Waals surface area contributed by atoms with E-state index in [1.165, 1.54) is 4.52 Å². The van der Waals surface area contributed by atoms with Crippen molar-refractivity contribution < 1.29 is 14.3 Å². The van der Waals surface area contributed by atoms with Gasteiger partial charge in [-0.05, 0) is 26.2 Å². The minimum absolute atomic E-state index is 0.126. The van der Waals surface area contributed by atoms with Gasteiger partial charge < -0.3 is 14.2 Å². The largest absolute Gasteiger partial charge is 0.465 e. The van der Waals surface area contributed by atoms with E-state index in [2.05, 4.69) is 5.10 Å². The molecule has 0 radical (unpaired) electrons. The van der Waals surface area contributed by atoms with Crippen LogP contribution in [0.1, 0.15) is 68.7 Å². The molecule has 0 N–H and O–H groups in total. The Hall–Kier alpha value is -2.64. The summed E-state index contributed by atoms with van der Waals surface area (Å²) in [5.74, 6) is -0.620. The third kappa shape index (κ3) is 2.82. The quantitative estimate of drug-likeness (QED) is 0.749. The van der Waals surface area contributed by atoms with Gasteiger partial charge in [0.1, 0.15) is 17.9 Å². The molecule has 2 aromatic heterocycles. The van der Waals surface area contributed by atoms with Crippen molar-refractivity contribution in [1.82, 2.24) is 19.1 Å². The summed E-state index contributed by atoms with van der Waals surface area (Å²) >= 11 is 0. The Morgan fingerprint density at radius 3 is 2.57 bits per heavy atom. The third-order valence-corrected chi connectivity index (χ3v) is 5.64. The van der Waals surface area contributed by atoms with Crippen LogP contribution in [-0.4, -0.2) is 43.6 Å². The molecule has 1 aliphatic heterocycles. The fourth-order valence-electron chi connectivity index (χ4n) is 3.84. The van der Waals surface area contributed by atoms with Crippen molar-refractivity contribution in [3.8, 4) is 0 Å². The van der Waals surface area contributed by atoms with Gasteiger partial charge in [-0.3, -0.25) is 14.4 Å². The van der Waals surface area contributed by atoms with Gasteiger partial charge in [0.05, 0.1) is 24.4 Å². The predicted molar refractivity (Wildman–Crippen MR) is 102 cm³/mol. The van der Waals surface area contributed by atoms with E-state index in [-0.39, 0.29) is 42.6 Å². The standard InChI is InChI=1S/C20H26N4O4/c1-5-28-16(25)11-23-15-9-14(20(2,3)4)21-24(15)18(26)13-10-22(12-7-6-8-12)19(27)17(13)23/h9,12H,5-8,10-11H2,1-4H3. The lowest BCUT2D eigenvalue weighted by atomic mass is 9.92. The lowest BCUT2D eigenvalue weighted by Crippen LogP contribution is -2.40. The van der Waals surface area contributed by atoms with E-state index in [1.54, 1.807) is 22.5 Å². The van der Waals surface area contributed by atoms with Crippen molar-refractivity contribution in [1.29, 1.82) is 0 Å². The predicted octanol–water partition coefficient (Wildman–Crippen LogP) is 1.86. The first-order valence-corrected chi connectivity index (χ1v) is 9.85. The Balaban J connectivity index is 1.92. The van der Waals surface area contributed by atoms with E-state index in [4.69, 9.17) is 4.74 Å². The molecule has 1 saturated carbocycles. The van der Waals surface area contributed by atoms with Crippen LogP contribution in [0.25, 0.3) is 5.65 Å². The molecule has 2 aliphatic rings. The van der Waals surface area contributed by atoms with Gasteiger partial charge in [-0.15, -0.1) is 0 Å². The molecule has 3 heterocycles. The summed E-state index contributed by atoms with van der Waals surface area (Å²) in [6.07, 6.45) is 3.00. The van der Waals surface area contributed by atoms with Crippen molar-refractivity contribution in [3.63, 3.8) is 0 Å². The second-order valence-electron chi connectivity index (χ2n) is 8.59. The van der Waals surface area contributed by atoms with Crippen LogP contribution in [0.4, 0.5) is 0 Å². The lowest BCUT2D eigenvalue weighted by Gasteiger charge is -2.34. The zero-order chi connectivity index (χ0) is 20.2. The number of rotatable bonds is 4. The van der Waals surface area contributed by atoms with Gasteiger partial charge in [0.2, 0.25) is 0 Å². The molecule has 8 heteroatoms. The first kappa shape index (κ1) is 18.7. The Morgan fingerprint density at radius 2 is 2.00 bits per heavy atom. The molecular formula is C20H26N4O4. The van der Waals surface area contributed by atoms with Crippen molar-refractivity contribution in [2.45, 2.75) is 71.5 Å². The summed E-state index contributed by atoms with van der Waals surface area (Å²) in [6, 6.07) is 1.97. The number of esters is 1. The topological polar surface area (TPSA) is 85.9 Å². The molecule has 0 aromatic carbocycles. The number of carbonyl (C=O) groups excluding carboxylic acids is 2. The van der Waals surface area contributed by atoms with Gasteiger partial charge in [0.15, 0.2) is 0 Å². The molecule has 1 amide bonds. The first-order valence-electron chi connectivity index (χ1n) is 9.85. The fourth-order valence-corrected chi connectivity index (χ4v) is 3.84. The average Bonchev–Trinajstić information content (AvgIpc) is 3.14. The van der Waals surface area contributed by atoms with Crippen LogP contribution in [0, 0.1) is 0 Å². The van der Waals surface area contributed by atoms with Gasteiger partial charge in [0, 0.05) is 17.5 Å². The molecule has 4 rings (SSSR count). The Bertz CT molecular complexity index is 1020. The second kappa shape index (κ2) is 6.46. The van der Waals surface area contributed by atoms with Gasteiger partial charge in [-0.1, -0.05) is 20.8 Å². The molecular weight excluding hydrogens is 360 g/mol. The van der Waals surface area contributed by atoms with Crippen LogP contribution < -0.4 is 5.56 Å². The van der Waals surface area contributed by atoms with Crippen molar-refractivity contribution in [2.24, 2.45) is 0 Å². The van der Waals surface area contributed by atoms with E-state index in [0.717, 1.165) is 25.0 Å². The van der Waals surface area contributed by atoms with E-state index in [9.17, 15) is 14.4 Å². The van der Waals surface area contributed by atoms with Crippen molar-refractivity contribution in [3.05, 3.63) is 33.4 Å². The molecule has 1 fully saturated rings. The summed E-state index contributed by atoms with van der Waals surface area (Å²) in [4.78, 5) is 40.3. The van der Waals surface area contributed by atoms with Gasteiger partial charge in [-0.25, -0.2) is 0 Å². The molecule has 0 spiro atoms. The lowest BCUT2D eigenvalue weighted by molar-refractivity contribution is -0.143. The van der Waals surface area contributed by atoms with Crippen LogP contribution in [0.5, 0.6) is 0 Å². The maximum Gasteiger partial charge on any atom is 0.326 e. The number of amides is 1. The number of hydrogen-bond acceptors (Lipinski definition) is 5. The maximum atomic E-state index is 13.2. The second-order valence-corrected chi connectivity index (χ2v) is 8.59. The summed E-state index contributed by atoms with van der Waals surface area (Å²) in [5.41, 5.74) is 1.35. The Labute approximate surface area is 163 Å². The molecule has 28 heavy (non-hydrogen) atoms. The molecule has 0 unspecified atom stereocenters. The van der Waals surface area contributed by atoms with E-state index in [0.29, 0.717) is 16.9 Å². The highest BCUT2D eigenvalue weighted by molar-refractivity contribution is 5.98. The summed E-state index contributed by atoms with van der Waals surface area (Å²) in [5, 5.41) is 4.51. The fraction of sp³-hybridized carbons (Fsp3) is 0.600. The molecule has 0 saturated heterocycles. The van der Waals surface area contributed by atoms with Gasteiger partial charge in [-0.2, -0.15) is 9.61 Å². The van der Waals surface area contributed by atoms with Crippen molar-refractivity contribution >= 4 is 17.5 Å². The number of nitrogens with zero attached hydrogens (tertiary/aromatic N) is 4.